The van der Waals surface area contributed by atoms with Crippen molar-refractivity contribution in [2.24, 2.45) is 0 Å². The van der Waals surface area contributed by atoms with Crippen LogP contribution in [0, 0.1) is 0 Å². The first kappa shape index (κ1) is 13.0. The van der Waals surface area contributed by atoms with E-state index >= 15 is 0 Å². The van der Waals surface area contributed by atoms with Crippen LogP contribution in [0.3, 0.4) is 0 Å². The van der Waals surface area contributed by atoms with Gasteiger partial charge in [0.05, 0.1) is 7.11 Å². The van der Waals surface area contributed by atoms with Gasteiger partial charge in [0.15, 0.2) is 11.5 Å². The zero-order valence-electron chi connectivity index (χ0n) is 10.5. The van der Waals surface area contributed by atoms with E-state index in [-0.39, 0.29) is 23.7 Å². The maximum Gasteiger partial charge on any atom is 0.341 e. The van der Waals surface area contributed by atoms with Gasteiger partial charge in [0.1, 0.15) is 12.2 Å². The maximum absolute atomic E-state index is 11.6. The van der Waals surface area contributed by atoms with E-state index in [2.05, 4.69) is 4.74 Å². The van der Waals surface area contributed by atoms with Crippen LogP contribution in [0.2, 0.25) is 0 Å². The molecule has 2 rings (SSSR count). The van der Waals surface area contributed by atoms with Crippen molar-refractivity contribution >= 4 is 5.97 Å². The number of carbonyl (C=O) groups excluding carboxylic acids is 1. The Morgan fingerprint density at radius 3 is 2.53 bits per heavy atom. The number of aromatic hydroxyl groups is 1. The number of para-hydroxylation sites is 1. The Balaban J connectivity index is 2.22. The minimum Gasteiger partial charge on any atom is -0.504 e. The summed E-state index contributed by atoms with van der Waals surface area (Å²) in [7, 11) is 1.29. The average molecular weight is 258 g/mol. The van der Waals surface area contributed by atoms with E-state index in [9.17, 15) is 9.90 Å². The number of phenols is 1. The van der Waals surface area contributed by atoms with Crippen LogP contribution < -0.4 is 4.74 Å². The van der Waals surface area contributed by atoms with Crippen molar-refractivity contribution in [2.45, 2.75) is 6.61 Å². The predicted octanol–water partition coefficient (Wildman–Crippen LogP) is 2.76. The minimum absolute atomic E-state index is 0.0844. The second kappa shape index (κ2) is 5.91. The molecule has 0 unspecified atom stereocenters. The van der Waals surface area contributed by atoms with Crippen molar-refractivity contribution in [2.75, 3.05) is 7.11 Å². The van der Waals surface area contributed by atoms with Crippen LogP contribution >= 0.6 is 0 Å². The Morgan fingerprint density at radius 1 is 1.11 bits per heavy atom. The third-order valence-corrected chi connectivity index (χ3v) is 2.63. The van der Waals surface area contributed by atoms with E-state index in [0.717, 1.165) is 5.56 Å². The van der Waals surface area contributed by atoms with Gasteiger partial charge < -0.3 is 14.6 Å². The molecule has 0 saturated heterocycles. The highest BCUT2D eigenvalue weighted by Crippen LogP contribution is 2.31. The maximum atomic E-state index is 11.6. The molecular weight excluding hydrogens is 244 g/mol. The van der Waals surface area contributed by atoms with Gasteiger partial charge in [-0.15, -0.1) is 0 Å². The fraction of sp³-hybridized carbons (Fsp3) is 0.133. The summed E-state index contributed by atoms with van der Waals surface area (Å²) in [5.41, 5.74) is 1.15. The van der Waals surface area contributed by atoms with Crippen molar-refractivity contribution in [3.8, 4) is 11.5 Å². The summed E-state index contributed by atoms with van der Waals surface area (Å²) in [6, 6.07) is 14.1. The van der Waals surface area contributed by atoms with Crippen LogP contribution in [-0.4, -0.2) is 18.2 Å². The van der Waals surface area contributed by atoms with Crippen LogP contribution in [0.15, 0.2) is 48.5 Å². The number of ether oxygens (including phenoxy) is 2. The number of benzene rings is 2. The average Bonchev–Trinajstić information content (AvgIpc) is 2.46. The van der Waals surface area contributed by atoms with Crippen molar-refractivity contribution in [3.05, 3.63) is 59.7 Å². The molecule has 2 aromatic carbocycles. The summed E-state index contributed by atoms with van der Waals surface area (Å²) >= 11 is 0. The molecule has 0 atom stereocenters. The standard InChI is InChI=1S/C15H14O4/c1-18-15(17)12-8-5-9-13(16)14(12)19-10-11-6-3-2-4-7-11/h2-9,16H,10H2,1H3. The highest BCUT2D eigenvalue weighted by Gasteiger charge is 2.16. The Hall–Kier alpha value is -2.49. The molecule has 0 aliphatic carbocycles. The second-order valence-corrected chi connectivity index (χ2v) is 3.92. The fourth-order valence-electron chi connectivity index (χ4n) is 1.68. The molecule has 0 aliphatic heterocycles. The number of phenolic OH excluding ortho intramolecular Hbond substituents is 1. The van der Waals surface area contributed by atoms with Crippen molar-refractivity contribution in [1.82, 2.24) is 0 Å². The Bertz CT molecular complexity index is 564. The summed E-state index contributed by atoms with van der Waals surface area (Å²) in [4.78, 5) is 11.6. The highest BCUT2D eigenvalue weighted by atomic mass is 16.5. The van der Waals surface area contributed by atoms with Crippen LogP contribution in [0.25, 0.3) is 0 Å². The van der Waals surface area contributed by atoms with E-state index in [4.69, 9.17) is 4.74 Å². The predicted molar refractivity (Wildman–Crippen MR) is 70.2 cm³/mol. The molecule has 1 N–H and O–H groups in total. The zero-order valence-corrected chi connectivity index (χ0v) is 10.5. The first-order valence-electron chi connectivity index (χ1n) is 5.79. The summed E-state index contributed by atoms with van der Waals surface area (Å²) in [6.45, 7) is 0.266. The van der Waals surface area contributed by atoms with Gasteiger partial charge in [-0.05, 0) is 17.7 Å². The van der Waals surface area contributed by atoms with E-state index in [0.29, 0.717) is 0 Å². The van der Waals surface area contributed by atoms with E-state index in [1.165, 1.54) is 13.2 Å². The van der Waals surface area contributed by atoms with Gasteiger partial charge in [0, 0.05) is 0 Å². The number of hydrogen-bond acceptors (Lipinski definition) is 4. The highest BCUT2D eigenvalue weighted by molar-refractivity contribution is 5.93. The first-order chi connectivity index (χ1) is 9.22. The summed E-state index contributed by atoms with van der Waals surface area (Å²) in [5.74, 6) is -0.490. The van der Waals surface area contributed by atoms with Crippen molar-refractivity contribution in [3.63, 3.8) is 0 Å². The van der Waals surface area contributed by atoms with E-state index < -0.39 is 5.97 Å². The lowest BCUT2D eigenvalue weighted by Gasteiger charge is -2.11. The molecule has 4 nitrogen and oxygen atoms in total. The number of carbonyl (C=O) groups is 1. The molecular formula is C15H14O4. The van der Waals surface area contributed by atoms with Gasteiger partial charge in [-0.2, -0.15) is 0 Å². The number of esters is 1. The first-order valence-corrected chi connectivity index (χ1v) is 5.79. The molecule has 2 aromatic rings. The molecule has 4 heteroatoms. The third-order valence-electron chi connectivity index (χ3n) is 2.63. The molecule has 0 bridgehead atoms. The zero-order chi connectivity index (χ0) is 13.7. The molecule has 0 saturated carbocycles. The molecule has 0 spiro atoms. The lowest BCUT2D eigenvalue weighted by molar-refractivity contribution is 0.0594. The van der Waals surface area contributed by atoms with Gasteiger partial charge in [0.25, 0.3) is 0 Å². The Kier molecular flexibility index (Phi) is 4.03. The van der Waals surface area contributed by atoms with Gasteiger partial charge >= 0.3 is 5.97 Å². The van der Waals surface area contributed by atoms with Crippen molar-refractivity contribution in [1.29, 1.82) is 0 Å². The number of hydrogen-bond donors (Lipinski definition) is 1. The van der Waals surface area contributed by atoms with Crippen LogP contribution in [0.5, 0.6) is 11.5 Å². The summed E-state index contributed by atoms with van der Waals surface area (Å²) < 4.78 is 10.2. The number of methoxy groups -OCH3 is 1. The molecule has 0 fully saturated rings. The topological polar surface area (TPSA) is 55.8 Å². The number of rotatable bonds is 4. The Morgan fingerprint density at radius 2 is 1.84 bits per heavy atom. The molecule has 0 aliphatic rings. The third kappa shape index (κ3) is 3.04. The lowest BCUT2D eigenvalue weighted by atomic mass is 10.2. The molecule has 98 valence electrons. The van der Waals surface area contributed by atoms with Crippen LogP contribution in [0.4, 0.5) is 0 Å². The lowest BCUT2D eigenvalue weighted by Crippen LogP contribution is -2.06. The van der Waals surface area contributed by atoms with Crippen LogP contribution in [-0.2, 0) is 11.3 Å². The van der Waals surface area contributed by atoms with Gasteiger partial charge in [-0.1, -0.05) is 36.4 Å². The normalized spacial score (nSPS) is 9.95. The summed E-state index contributed by atoms with van der Waals surface area (Å²) in [5, 5.41) is 9.78. The minimum atomic E-state index is -0.543. The molecule has 0 aromatic heterocycles. The van der Waals surface area contributed by atoms with Crippen molar-refractivity contribution < 1.29 is 19.4 Å². The van der Waals surface area contributed by atoms with Crippen LogP contribution in [0.1, 0.15) is 15.9 Å². The van der Waals surface area contributed by atoms with E-state index in [1.54, 1.807) is 12.1 Å². The SMILES string of the molecule is COC(=O)c1cccc(O)c1OCc1ccccc1. The summed E-state index contributed by atoms with van der Waals surface area (Å²) in [6.07, 6.45) is 0. The monoisotopic (exact) mass is 258 g/mol. The smallest absolute Gasteiger partial charge is 0.341 e. The molecule has 0 heterocycles. The second-order valence-electron chi connectivity index (χ2n) is 3.92. The largest absolute Gasteiger partial charge is 0.504 e. The molecule has 0 radical (unpaired) electrons. The molecule has 19 heavy (non-hydrogen) atoms. The quantitative estimate of drug-likeness (QED) is 0.857. The fourth-order valence-corrected chi connectivity index (χ4v) is 1.68. The molecule has 0 amide bonds. The van der Waals surface area contributed by atoms with Gasteiger partial charge in [-0.3, -0.25) is 0 Å². The van der Waals surface area contributed by atoms with Gasteiger partial charge in [-0.25, -0.2) is 4.79 Å². The van der Waals surface area contributed by atoms with Gasteiger partial charge in [0.2, 0.25) is 0 Å². The Labute approximate surface area is 111 Å². The van der Waals surface area contributed by atoms with E-state index in [1.807, 2.05) is 30.3 Å².